The second-order valence-corrected chi connectivity index (χ2v) is 5.88. The van der Waals surface area contributed by atoms with Crippen LogP contribution in [-0.2, 0) is 13.0 Å². The van der Waals surface area contributed by atoms with Crippen molar-refractivity contribution in [1.82, 2.24) is 9.55 Å². The van der Waals surface area contributed by atoms with Crippen LogP contribution in [0.2, 0.25) is 0 Å². The molecular weight excluding hydrogens is 246 g/mol. The smallest absolute Gasteiger partial charge is 0.131 e. The number of anilines is 1. The van der Waals surface area contributed by atoms with Crippen molar-refractivity contribution < 1.29 is 0 Å². The summed E-state index contributed by atoms with van der Waals surface area (Å²) in [5, 5.41) is 0. The van der Waals surface area contributed by atoms with Gasteiger partial charge in [0.15, 0.2) is 0 Å². The average molecular weight is 271 g/mol. The minimum Gasteiger partial charge on any atom is -0.383 e. The molecule has 1 aromatic carbocycles. The molecule has 0 aliphatic carbocycles. The lowest BCUT2D eigenvalue weighted by atomic mass is 10.1. The minimum absolute atomic E-state index is 0.563. The Kier molecular flexibility index (Phi) is 4.48. The van der Waals surface area contributed by atoms with Crippen LogP contribution in [0, 0.1) is 12.8 Å². The number of hydrogen-bond acceptors (Lipinski definition) is 2. The molecule has 108 valence electrons. The van der Waals surface area contributed by atoms with Gasteiger partial charge in [-0.05, 0) is 19.3 Å². The predicted molar refractivity (Wildman–Crippen MR) is 85.6 cm³/mol. The first kappa shape index (κ1) is 14.6. The lowest BCUT2D eigenvalue weighted by Crippen LogP contribution is -2.11. The molecular formula is C17H25N3. The molecule has 1 aromatic heterocycles. The van der Waals surface area contributed by atoms with Crippen molar-refractivity contribution in [2.75, 3.05) is 5.73 Å². The number of nitrogen functional groups attached to an aromatic ring is 1. The Bertz CT molecular complexity index is 565. The van der Waals surface area contributed by atoms with Crippen LogP contribution in [0.3, 0.4) is 0 Å². The van der Waals surface area contributed by atoms with Crippen LogP contribution in [0.1, 0.15) is 38.6 Å². The molecule has 0 radical (unpaired) electrons. The Hall–Kier alpha value is -1.77. The fraction of sp³-hybridized carbons (Fsp3) is 0.471. The van der Waals surface area contributed by atoms with Crippen LogP contribution in [0.25, 0.3) is 11.3 Å². The maximum atomic E-state index is 6.35. The van der Waals surface area contributed by atoms with E-state index in [0.29, 0.717) is 5.92 Å². The first-order valence-corrected chi connectivity index (χ1v) is 7.44. The van der Waals surface area contributed by atoms with Crippen molar-refractivity contribution in [3.05, 3.63) is 35.7 Å². The van der Waals surface area contributed by atoms with Gasteiger partial charge in [-0.25, -0.2) is 4.98 Å². The fourth-order valence-corrected chi connectivity index (χ4v) is 2.42. The van der Waals surface area contributed by atoms with Crippen LogP contribution >= 0.6 is 0 Å². The van der Waals surface area contributed by atoms with E-state index in [4.69, 9.17) is 10.7 Å². The van der Waals surface area contributed by atoms with Gasteiger partial charge in [-0.15, -0.1) is 0 Å². The van der Waals surface area contributed by atoms with Crippen molar-refractivity contribution in [2.24, 2.45) is 5.92 Å². The van der Waals surface area contributed by atoms with Gasteiger partial charge in [-0.3, -0.25) is 0 Å². The Balaban J connectivity index is 2.45. The van der Waals surface area contributed by atoms with Crippen LogP contribution in [0.5, 0.6) is 0 Å². The number of hydrogen-bond donors (Lipinski definition) is 1. The van der Waals surface area contributed by atoms with Gasteiger partial charge in [0.1, 0.15) is 17.3 Å². The van der Waals surface area contributed by atoms with Gasteiger partial charge in [-0.1, -0.05) is 50.6 Å². The van der Waals surface area contributed by atoms with Crippen LogP contribution in [0.15, 0.2) is 24.3 Å². The lowest BCUT2D eigenvalue weighted by molar-refractivity contribution is 0.510. The van der Waals surface area contributed by atoms with Gasteiger partial charge in [0.05, 0.1) is 0 Å². The Labute approximate surface area is 121 Å². The van der Waals surface area contributed by atoms with Gasteiger partial charge in [-0.2, -0.15) is 0 Å². The highest BCUT2D eigenvalue weighted by atomic mass is 15.1. The predicted octanol–water partition coefficient (Wildman–Crippen LogP) is 4.05. The molecule has 0 amide bonds. The normalized spacial score (nSPS) is 11.2. The number of nitrogens with zero attached hydrogens (tertiary/aromatic N) is 2. The van der Waals surface area contributed by atoms with Crippen LogP contribution in [-0.4, -0.2) is 9.55 Å². The second-order valence-electron chi connectivity index (χ2n) is 5.88. The SMILES string of the molecule is CCCc1nc(-c2ccc(C)cc2)c(N)n1CC(C)C. The summed E-state index contributed by atoms with van der Waals surface area (Å²) in [6.45, 7) is 9.62. The first-order valence-electron chi connectivity index (χ1n) is 7.44. The van der Waals surface area contributed by atoms with Gasteiger partial charge in [0.25, 0.3) is 0 Å². The molecule has 20 heavy (non-hydrogen) atoms. The maximum Gasteiger partial charge on any atom is 0.131 e. The third-order valence-corrected chi connectivity index (χ3v) is 3.43. The van der Waals surface area contributed by atoms with Gasteiger partial charge in [0, 0.05) is 18.5 Å². The van der Waals surface area contributed by atoms with E-state index in [2.05, 4.69) is 56.5 Å². The molecule has 0 atom stereocenters. The highest BCUT2D eigenvalue weighted by Gasteiger charge is 2.16. The van der Waals surface area contributed by atoms with Crippen molar-refractivity contribution in [3.63, 3.8) is 0 Å². The zero-order valence-corrected chi connectivity index (χ0v) is 13.0. The molecule has 0 saturated heterocycles. The summed E-state index contributed by atoms with van der Waals surface area (Å²) in [5.41, 5.74) is 9.64. The molecule has 2 N–H and O–H groups in total. The zero-order chi connectivity index (χ0) is 14.7. The summed E-state index contributed by atoms with van der Waals surface area (Å²) < 4.78 is 2.18. The third-order valence-electron chi connectivity index (χ3n) is 3.43. The molecule has 0 unspecified atom stereocenters. The number of imidazole rings is 1. The van der Waals surface area contributed by atoms with Crippen LogP contribution in [0.4, 0.5) is 5.82 Å². The lowest BCUT2D eigenvalue weighted by Gasteiger charge is -2.11. The van der Waals surface area contributed by atoms with E-state index in [1.165, 1.54) is 5.56 Å². The molecule has 0 fully saturated rings. The molecule has 0 bridgehead atoms. The number of nitrogens with two attached hydrogens (primary N) is 1. The zero-order valence-electron chi connectivity index (χ0n) is 13.0. The maximum absolute atomic E-state index is 6.35. The molecule has 0 aliphatic heterocycles. The van der Waals surface area contributed by atoms with E-state index in [9.17, 15) is 0 Å². The Morgan fingerprint density at radius 1 is 1.20 bits per heavy atom. The van der Waals surface area contributed by atoms with Crippen molar-refractivity contribution in [1.29, 1.82) is 0 Å². The highest BCUT2D eigenvalue weighted by molar-refractivity contribution is 5.71. The molecule has 3 nitrogen and oxygen atoms in total. The average Bonchev–Trinajstić information content (AvgIpc) is 2.69. The molecule has 0 saturated carbocycles. The largest absolute Gasteiger partial charge is 0.383 e. The van der Waals surface area contributed by atoms with Crippen molar-refractivity contribution in [3.8, 4) is 11.3 Å². The van der Waals surface area contributed by atoms with Gasteiger partial charge in [0.2, 0.25) is 0 Å². The summed E-state index contributed by atoms with van der Waals surface area (Å²) in [7, 11) is 0. The molecule has 2 rings (SSSR count). The summed E-state index contributed by atoms with van der Waals surface area (Å²) >= 11 is 0. The second kappa shape index (κ2) is 6.12. The fourth-order valence-electron chi connectivity index (χ4n) is 2.42. The summed E-state index contributed by atoms with van der Waals surface area (Å²) in [5.74, 6) is 2.47. The minimum atomic E-state index is 0.563. The monoisotopic (exact) mass is 271 g/mol. The Morgan fingerprint density at radius 3 is 2.40 bits per heavy atom. The number of rotatable bonds is 5. The standard InChI is InChI=1S/C17H25N3/c1-5-6-15-19-16(14-9-7-13(4)8-10-14)17(18)20(15)11-12(2)3/h7-10,12H,5-6,11,18H2,1-4H3. The summed E-state index contributed by atoms with van der Waals surface area (Å²) in [6, 6.07) is 8.42. The summed E-state index contributed by atoms with van der Waals surface area (Å²) in [4.78, 5) is 4.79. The van der Waals surface area contributed by atoms with E-state index < -0.39 is 0 Å². The van der Waals surface area contributed by atoms with E-state index in [1.807, 2.05) is 0 Å². The number of benzene rings is 1. The molecule has 3 heteroatoms. The topological polar surface area (TPSA) is 43.8 Å². The molecule has 2 aromatic rings. The molecule has 0 spiro atoms. The quantitative estimate of drug-likeness (QED) is 0.891. The third kappa shape index (κ3) is 3.03. The number of aryl methyl sites for hydroxylation is 2. The summed E-state index contributed by atoms with van der Waals surface area (Å²) in [6.07, 6.45) is 2.06. The highest BCUT2D eigenvalue weighted by Crippen LogP contribution is 2.28. The van der Waals surface area contributed by atoms with Gasteiger partial charge < -0.3 is 10.3 Å². The van der Waals surface area contributed by atoms with Crippen molar-refractivity contribution in [2.45, 2.75) is 47.1 Å². The van der Waals surface area contributed by atoms with Crippen LogP contribution < -0.4 is 5.73 Å². The van der Waals surface area contributed by atoms with E-state index >= 15 is 0 Å². The molecule has 0 aliphatic rings. The number of aromatic nitrogens is 2. The first-order chi connectivity index (χ1) is 9.52. The molecule has 1 heterocycles. The van der Waals surface area contributed by atoms with Crippen molar-refractivity contribution >= 4 is 5.82 Å². The van der Waals surface area contributed by atoms with E-state index in [-0.39, 0.29) is 0 Å². The van der Waals surface area contributed by atoms with E-state index in [1.54, 1.807) is 0 Å². The Morgan fingerprint density at radius 2 is 1.85 bits per heavy atom. The van der Waals surface area contributed by atoms with Gasteiger partial charge >= 0.3 is 0 Å². The van der Waals surface area contributed by atoms with E-state index in [0.717, 1.165) is 42.3 Å².